The highest BCUT2D eigenvalue weighted by Crippen LogP contribution is 2.39. The molecule has 6 nitrogen and oxygen atoms in total. The smallest absolute Gasteiger partial charge is 0.231 e. The quantitative estimate of drug-likeness (QED) is 0.749. The first-order valence-electron chi connectivity index (χ1n) is 9.23. The largest absolute Gasteiger partial charge is 0.496 e. The number of H-pyrrole nitrogens is 1. The molecule has 28 heavy (non-hydrogen) atoms. The molecule has 0 amide bonds. The zero-order valence-corrected chi connectivity index (χ0v) is 15.5. The van der Waals surface area contributed by atoms with Crippen LogP contribution in [0.25, 0.3) is 11.3 Å². The van der Waals surface area contributed by atoms with Crippen LogP contribution in [-0.2, 0) is 19.5 Å². The molecular formula is C21H20FN3O3. The van der Waals surface area contributed by atoms with Crippen molar-refractivity contribution < 1.29 is 18.6 Å². The fraction of sp³-hybridized carbons (Fsp3) is 0.286. The van der Waals surface area contributed by atoms with Crippen molar-refractivity contribution in [3.05, 3.63) is 59.0 Å². The van der Waals surface area contributed by atoms with Crippen LogP contribution in [0.1, 0.15) is 16.8 Å². The van der Waals surface area contributed by atoms with E-state index in [2.05, 4.69) is 15.1 Å². The molecular weight excluding hydrogens is 361 g/mol. The summed E-state index contributed by atoms with van der Waals surface area (Å²) >= 11 is 0. The SMILES string of the molecule is COc1cc2c(cc1CN1CCc3[nH]nc(-c4ccccc4F)c3C1)OCO2. The van der Waals surface area contributed by atoms with Gasteiger partial charge >= 0.3 is 0 Å². The van der Waals surface area contributed by atoms with Crippen LogP contribution >= 0.6 is 0 Å². The molecule has 0 radical (unpaired) electrons. The third-order valence-corrected chi connectivity index (χ3v) is 5.31. The predicted molar refractivity (Wildman–Crippen MR) is 101 cm³/mol. The van der Waals surface area contributed by atoms with Gasteiger partial charge in [0.2, 0.25) is 6.79 Å². The molecule has 0 bridgehead atoms. The number of nitrogens with zero attached hydrogens (tertiary/aromatic N) is 2. The second-order valence-corrected chi connectivity index (χ2v) is 6.99. The van der Waals surface area contributed by atoms with Crippen molar-refractivity contribution in [1.82, 2.24) is 15.1 Å². The van der Waals surface area contributed by atoms with Gasteiger partial charge in [-0.2, -0.15) is 5.10 Å². The summed E-state index contributed by atoms with van der Waals surface area (Å²) in [6.07, 6.45) is 0.837. The summed E-state index contributed by atoms with van der Waals surface area (Å²) in [5.41, 5.74) is 4.38. The van der Waals surface area contributed by atoms with E-state index in [9.17, 15) is 4.39 Å². The molecule has 0 saturated carbocycles. The Labute approximate surface area is 161 Å². The van der Waals surface area contributed by atoms with Crippen molar-refractivity contribution in [3.63, 3.8) is 0 Å². The lowest BCUT2D eigenvalue weighted by atomic mass is 10.00. The molecule has 144 valence electrons. The first kappa shape index (κ1) is 17.1. The molecule has 1 aromatic heterocycles. The van der Waals surface area contributed by atoms with Crippen LogP contribution in [0.2, 0.25) is 0 Å². The van der Waals surface area contributed by atoms with Crippen molar-refractivity contribution >= 4 is 0 Å². The van der Waals surface area contributed by atoms with Gasteiger partial charge in [-0.1, -0.05) is 12.1 Å². The highest BCUT2D eigenvalue weighted by molar-refractivity contribution is 5.65. The summed E-state index contributed by atoms with van der Waals surface area (Å²) < 4.78 is 30.8. The van der Waals surface area contributed by atoms with Crippen LogP contribution in [0, 0.1) is 5.82 Å². The van der Waals surface area contributed by atoms with Crippen LogP contribution in [0.4, 0.5) is 4.39 Å². The Morgan fingerprint density at radius 3 is 2.86 bits per heavy atom. The number of ether oxygens (including phenoxy) is 3. The van der Waals surface area contributed by atoms with E-state index < -0.39 is 0 Å². The van der Waals surface area contributed by atoms with Gasteiger partial charge in [-0.25, -0.2) is 4.39 Å². The molecule has 0 aliphatic carbocycles. The van der Waals surface area contributed by atoms with Gasteiger partial charge in [0.1, 0.15) is 11.6 Å². The molecule has 0 atom stereocenters. The second-order valence-electron chi connectivity index (χ2n) is 6.99. The molecule has 0 fully saturated rings. The van der Waals surface area contributed by atoms with Crippen molar-refractivity contribution in [2.45, 2.75) is 19.5 Å². The molecule has 5 rings (SSSR count). The van der Waals surface area contributed by atoms with E-state index >= 15 is 0 Å². The monoisotopic (exact) mass is 381 g/mol. The van der Waals surface area contributed by atoms with Crippen LogP contribution in [-0.4, -0.2) is 35.5 Å². The van der Waals surface area contributed by atoms with E-state index in [1.54, 1.807) is 19.2 Å². The predicted octanol–water partition coefficient (Wildman–Crippen LogP) is 3.51. The summed E-state index contributed by atoms with van der Waals surface area (Å²) in [5.74, 6) is 1.96. The summed E-state index contributed by atoms with van der Waals surface area (Å²) in [7, 11) is 1.65. The summed E-state index contributed by atoms with van der Waals surface area (Å²) in [4.78, 5) is 2.31. The summed E-state index contributed by atoms with van der Waals surface area (Å²) in [5, 5.41) is 7.49. The van der Waals surface area contributed by atoms with Crippen molar-refractivity contribution in [2.75, 3.05) is 20.4 Å². The highest BCUT2D eigenvalue weighted by atomic mass is 19.1. The number of hydrogen-bond acceptors (Lipinski definition) is 5. The second kappa shape index (κ2) is 6.83. The molecule has 0 unspecified atom stereocenters. The molecule has 3 heterocycles. The number of aromatic nitrogens is 2. The third-order valence-electron chi connectivity index (χ3n) is 5.31. The van der Waals surface area contributed by atoms with Gasteiger partial charge in [-0.15, -0.1) is 0 Å². The molecule has 1 N–H and O–H groups in total. The van der Waals surface area contributed by atoms with Crippen molar-refractivity contribution in [3.8, 4) is 28.5 Å². The minimum Gasteiger partial charge on any atom is -0.496 e. The number of fused-ring (bicyclic) bond motifs is 2. The zero-order chi connectivity index (χ0) is 19.1. The maximum atomic E-state index is 14.3. The fourth-order valence-corrected chi connectivity index (χ4v) is 3.88. The minimum absolute atomic E-state index is 0.232. The molecule has 7 heteroatoms. The molecule has 2 aliphatic rings. The van der Waals surface area contributed by atoms with Crippen LogP contribution in [0.5, 0.6) is 17.2 Å². The average molecular weight is 381 g/mol. The average Bonchev–Trinajstić information content (AvgIpc) is 3.34. The molecule has 0 spiro atoms. The standard InChI is InChI=1S/C21H20FN3O3/c1-26-18-9-20-19(27-12-28-20)8-13(18)10-25-7-6-17-15(11-25)21(24-23-17)14-4-2-3-5-16(14)22/h2-5,8-9H,6-7,10-12H2,1H3,(H,23,24). The number of aromatic amines is 1. The summed E-state index contributed by atoms with van der Waals surface area (Å²) in [6, 6.07) is 10.6. The Kier molecular flexibility index (Phi) is 4.16. The van der Waals surface area contributed by atoms with Gasteiger partial charge in [0.25, 0.3) is 0 Å². The lowest BCUT2D eigenvalue weighted by Crippen LogP contribution is -2.30. The number of hydrogen-bond donors (Lipinski definition) is 1. The van der Waals surface area contributed by atoms with Crippen LogP contribution < -0.4 is 14.2 Å². The van der Waals surface area contributed by atoms with Crippen molar-refractivity contribution in [2.24, 2.45) is 0 Å². The molecule has 3 aromatic rings. The first-order chi connectivity index (χ1) is 13.7. The van der Waals surface area contributed by atoms with Crippen molar-refractivity contribution in [1.29, 1.82) is 0 Å². The lowest BCUT2D eigenvalue weighted by Gasteiger charge is -2.27. The zero-order valence-electron chi connectivity index (χ0n) is 15.5. The van der Waals surface area contributed by atoms with Gasteiger partial charge < -0.3 is 14.2 Å². The Morgan fingerprint density at radius 1 is 1.21 bits per heavy atom. The van der Waals surface area contributed by atoms with E-state index in [1.807, 2.05) is 18.2 Å². The molecule has 2 aromatic carbocycles. The van der Waals surface area contributed by atoms with E-state index in [0.29, 0.717) is 30.1 Å². The van der Waals surface area contributed by atoms with Crippen LogP contribution in [0.3, 0.4) is 0 Å². The first-order valence-corrected chi connectivity index (χ1v) is 9.23. The maximum absolute atomic E-state index is 14.3. The van der Waals surface area contributed by atoms with E-state index in [-0.39, 0.29) is 12.6 Å². The number of methoxy groups -OCH3 is 1. The van der Waals surface area contributed by atoms with Gasteiger partial charge in [-0.05, 0) is 18.2 Å². The Morgan fingerprint density at radius 2 is 2.04 bits per heavy atom. The van der Waals surface area contributed by atoms with E-state index in [4.69, 9.17) is 14.2 Å². The van der Waals surface area contributed by atoms with E-state index in [1.165, 1.54) is 6.07 Å². The lowest BCUT2D eigenvalue weighted by molar-refractivity contribution is 0.173. The highest BCUT2D eigenvalue weighted by Gasteiger charge is 2.26. The third kappa shape index (κ3) is 2.88. The molecule has 2 aliphatic heterocycles. The fourth-order valence-electron chi connectivity index (χ4n) is 3.88. The van der Waals surface area contributed by atoms with Gasteiger partial charge in [0.05, 0.1) is 12.8 Å². The number of benzene rings is 2. The van der Waals surface area contributed by atoms with Crippen LogP contribution in [0.15, 0.2) is 36.4 Å². The molecule has 0 saturated heterocycles. The summed E-state index contributed by atoms with van der Waals surface area (Å²) in [6.45, 7) is 2.49. The normalized spacial score (nSPS) is 15.5. The van der Waals surface area contributed by atoms with Gasteiger partial charge in [0, 0.05) is 54.5 Å². The number of nitrogens with one attached hydrogen (secondary N) is 1. The minimum atomic E-state index is -0.258. The van der Waals surface area contributed by atoms with Gasteiger partial charge in [-0.3, -0.25) is 10.00 Å². The Bertz CT molecular complexity index is 1030. The topological polar surface area (TPSA) is 59.6 Å². The number of halogens is 1. The Hall–Kier alpha value is -3.06. The number of rotatable bonds is 4. The Balaban J connectivity index is 1.43. The van der Waals surface area contributed by atoms with Gasteiger partial charge in [0.15, 0.2) is 11.5 Å². The van der Waals surface area contributed by atoms with E-state index in [0.717, 1.165) is 41.3 Å². The maximum Gasteiger partial charge on any atom is 0.231 e.